The number of nitrogens with zero attached hydrogens (tertiary/aromatic N) is 1. The maximum atomic E-state index is 9.88. The molecule has 3 nitrogen and oxygen atoms in total. The Labute approximate surface area is 41.4 Å². The van der Waals surface area contributed by atoms with Gasteiger partial charge < -0.3 is 5.31 Å². The average Bonchev–Trinajstić information content (AvgIpc) is 1.88. The summed E-state index contributed by atoms with van der Waals surface area (Å²) < 4.78 is 27.7. The summed E-state index contributed by atoms with van der Waals surface area (Å²) in [6.07, 6.45) is 0. The van der Waals surface area contributed by atoms with Crippen molar-refractivity contribution in [1.82, 2.24) is 5.31 Å². The van der Waals surface area contributed by atoms with Crippen molar-refractivity contribution in [3.8, 4) is 0 Å². The number of hydrogen-bond acceptors (Lipinski definition) is 3. The highest BCUT2D eigenvalue weighted by Crippen LogP contribution is 1.93. The van der Waals surface area contributed by atoms with Crippen LogP contribution >= 0.6 is 0 Å². The van der Waals surface area contributed by atoms with Crippen LogP contribution in [0.3, 0.4) is 0 Å². The van der Waals surface area contributed by atoms with Crippen LogP contribution in [0.1, 0.15) is 4.11 Å². The Hall–Kier alpha value is -0.440. The predicted molar refractivity (Wildman–Crippen MR) is 22.5 cm³/mol. The Morgan fingerprint density at radius 1 is 2.50 bits per heavy atom. The van der Waals surface area contributed by atoms with Crippen molar-refractivity contribution in [2.45, 2.75) is 6.02 Å². The molecule has 6 heavy (non-hydrogen) atoms. The predicted octanol–water partition coefficient (Wildman–Crippen LogP) is -0.275. The lowest BCUT2D eigenvalue weighted by atomic mass is 10.2. The maximum Gasteiger partial charge on any atom is 0.122 e. The van der Waals surface area contributed by atoms with Crippen LogP contribution in [-0.2, 0) is 0 Å². The molecule has 0 aliphatic carbocycles. The van der Waals surface area contributed by atoms with E-state index in [4.69, 9.17) is 5.52 Å². The van der Waals surface area contributed by atoms with Crippen LogP contribution < -0.4 is 5.31 Å². The van der Waals surface area contributed by atoms with Crippen LogP contribution in [-0.4, -0.2) is 19.1 Å². The molecule has 1 aliphatic rings. The SMILES string of the molecule is [2H]N1CC([2H])(N=O)C1([2H])[2H]. The highest BCUT2D eigenvalue weighted by Gasteiger charge is 2.15. The molecule has 1 saturated heterocycles. The van der Waals surface area contributed by atoms with E-state index in [1.54, 1.807) is 0 Å². The Morgan fingerprint density at radius 2 is 3.33 bits per heavy atom. The van der Waals surface area contributed by atoms with Gasteiger partial charge in [-0.05, 0) is 0 Å². The van der Waals surface area contributed by atoms with Gasteiger partial charge in [-0.15, -0.1) is 0 Å². The number of nitrogens with one attached hydrogen (secondary N) is 1. The first kappa shape index (κ1) is 1.26. The third kappa shape index (κ3) is 0.408. The van der Waals surface area contributed by atoms with E-state index in [1.807, 2.05) is 0 Å². The van der Waals surface area contributed by atoms with Crippen molar-refractivity contribution >= 4 is 0 Å². The quantitative estimate of drug-likeness (QED) is 0.450. The van der Waals surface area contributed by atoms with E-state index in [9.17, 15) is 4.91 Å². The van der Waals surface area contributed by atoms with E-state index in [0.29, 0.717) is 5.31 Å². The molecule has 0 radical (unpaired) electrons. The van der Waals surface area contributed by atoms with Crippen LogP contribution in [0.15, 0.2) is 5.18 Å². The second-order valence-corrected chi connectivity index (χ2v) is 0.966. The van der Waals surface area contributed by atoms with Gasteiger partial charge in [-0.25, -0.2) is 0 Å². The second kappa shape index (κ2) is 1.34. The van der Waals surface area contributed by atoms with Gasteiger partial charge in [0.1, 0.15) is 7.43 Å². The van der Waals surface area contributed by atoms with Crippen LogP contribution in [0.25, 0.3) is 0 Å². The minimum Gasteiger partial charge on any atom is -0.312 e. The summed E-state index contributed by atoms with van der Waals surface area (Å²) in [7, 11) is 0. The number of rotatable bonds is 1. The normalized spacial score (nSPS) is 65.3. The number of nitroso groups, excluding NO2 is 1. The van der Waals surface area contributed by atoms with Crippen molar-refractivity contribution in [3.05, 3.63) is 4.91 Å². The summed E-state index contributed by atoms with van der Waals surface area (Å²) >= 11 is 0. The molecule has 1 N–H and O–H groups in total. The Kier molecular flexibility index (Phi) is 0.283. The highest BCUT2D eigenvalue weighted by molar-refractivity contribution is 4.80. The lowest BCUT2D eigenvalue weighted by Crippen LogP contribution is -2.45. The monoisotopic (exact) mass is 90.1 g/mol. The highest BCUT2D eigenvalue weighted by atomic mass is 16.3. The topological polar surface area (TPSA) is 41.5 Å². The molecule has 3 heteroatoms. The van der Waals surface area contributed by atoms with E-state index in [0.717, 1.165) is 0 Å². The standard InChI is InChI=1S/C3H6N2O/c6-5-3-1-4-2-3/h3-4H,1-2H2/i1D2,3D/hD. The first-order valence-corrected chi connectivity index (χ1v) is 1.55. The Balaban J connectivity index is 2.80. The van der Waals surface area contributed by atoms with Crippen LogP contribution in [0, 0.1) is 4.91 Å². The second-order valence-electron chi connectivity index (χ2n) is 0.966. The minimum atomic E-state index is -2.23. The molecule has 0 amide bonds. The van der Waals surface area contributed by atoms with E-state index in [-0.39, 0.29) is 6.54 Å². The molecule has 1 rings (SSSR count). The molecular formula is C3H6N2O. The summed E-state index contributed by atoms with van der Waals surface area (Å²) in [5, 5.41) is 2.84. The fraction of sp³-hybridized carbons (Fsp3) is 1.00. The molecule has 0 saturated carbocycles. The van der Waals surface area contributed by atoms with Crippen molar-refractivity contribution < 1.29 is 5.52 Å². The van der Waals surface area contributed by atoms with Crippen LogP contribution in [0.4, 0.5) is 0 Å². The molecule has 0 aromatic carbocycles. The van der Waals surface area contributed by atoms with E-state index in [1.165, 1.54) is 0 Å². The lowest BCUT2D eigenvalue weighted by molar-refractivity contribution is 0.445. The van der Waals surface area contributed by atoms with Gasteiger partial charge in [-0.3, -0.25) is 0 Å². The summed E-state index contributed by atoms with van der Waals surface area (Å²) in [5.41, 5.74) is 0. The molecule has 34 valence electrons. The maximum absolute atomic E-state index is 9.88. The van der Waals surface area contributed by atoms with Gasteiger partial charge in [0.2, 0.25) is 0 Å². The van der Waals surface area contributed by atoms with Crippen molar-refractivity contribution in [2.24, 2.45) is 5.18 Å². The van der Waals surface area contributed by atoms with Crippen molar-refractivity contribution in [3.63, 3.8) is 0 Å². The fourth-order valence-corrected chi connectivity index (χ4v) is 0.199. The van der Waals surface area contributed by atoms with Gasteiger partial charge >= 0.3 is 0 Å². The molecule has 0 spiro atoms. The van der Waals surface area contributed by atoms with Gasteiger partial charge in [-0.1, -0.05) is 5.18 Å². The van der Waals surface area contributed by atoms with E-state index in [2.05, 4.69) is 5.18 Å². The van der Waals surface area contributed by atoms with Gasteiger partial charge in [0.15, 0.2) is 0 Å². The smallest absolute Gasteiger partial charge is 0.122 e. The lowest BCUT2D eigenvalue weighted by Gasteiger charge is -2.18. The van der Waals surface area contributed by atoms with Gasteiger partial charge in [-0.2, -0.15) is 4.91 Å². The first-order chi connectivity index (χ1) is 4.44. The van der Waals surface area contributed by atoms with Crippen molar-refractivity contribution in [1.29, 1.82) is 0 Å². The molecule has 0 bridgehead atoms. The molecule has 0 aromatic heterocycles. The number of hydrogen-bond donors (Lipinski definition) is 1. The summed E-state index contributed by atoms with van der Waals surface area (Å²) in [4.78, 5) is 9.88. The first-order valence-electron chi connectivity index (χ1n) is 3.50. The zero-order valence-corrected chi connectivity index (χ0v) is 3.01. The van der Waals surface area contributed by atoms with Crippen LogP contribution in [0.2, 0.25) is 1.41 Å². The minimum absolute atomic E-state index is 0.260. The zero-order valence-electron chi connectivity index (χ0n) is 7.01. The fourth-order valence-electron chi connectivity index (χ4n) is 0.199. The van der Waals surface area contributed by atoms with E-state index >= 15 is 0 Å². The van der Waals surface area contributed by atoms with Crippen LogP contribution in [0.5, 0.6) is 0 Å². The zero-order chi connectivity index (χ0) is 7.99. The third-order valence-electron chi connectivity index (χ3n) is 0.547. The van der Waals surface area contributed by atoms with Crippen molar-refractivity contribution in [2.75, 3.05) is 13.0 Å². The summed E-state index contributed by atoms with van der Waals surface area (Å²) in [5.74, 6) is 0. The Bertz CT molecular complexity index is 174. The molecule has 1 aliphatic heterocycles. The average molecular weight is 90.1 g/mol. The Morgan fingerprint density at radius 3 is 3.50 bits per heavy atom. The summed E-state index contributed by atoms with van der Waals surface area (Å²) in [6.45, 7) is -2.49. The van der Waals surface area contributed by atoms with Gasteiger partial charge in [0.05, 0.1) is 1.37 Å². The van der Waals surface area contributed by atoms with Gasteiger partial charge in [0.25, 0.3) is 0 Å². The third-order valence-corrected chi connectivity index (χ3v) is 0.547. The molecular weight excluding hydrogens is 80.0 g/mol. The van der Waals surface area contributed by atoms with Gasteiger partial charge in [0, 0.05) is 15.8 Å². The molecule has 1 heterocycles. The largest absolute Gasteiger partial charge is 0.312 e. The molecule has 1 atom stereocenters. The molecule has 1 fully saturated rings. The molecule has 0 aromatic rings. The summed E-state index contributed by atoms with van der Waals surface area (Å²) in [6, 6.07) is -1.98. The molecule has 1 unspecified atom stereocenters. The van der Waals surface area contributed by atoms with E-state index < -0.39 is 12.5 Å².